The van der Waals surface area contributed by atoms with Crippen molar-refractivity contribution in [2.75, 3.05) is 18.8 Å². The first-order valence-electron chi connectivity index (χ1n) is 5.84. The van der Waals surface area contributed by atoms with Crippen LogP contribution < -0.4 is 16.2 Å². The first-order valence-corrected chi connectivity index (χ1v) is 7.56. The van der Waals surface area contributed by atoms with Gasteiger partial charge in [-0.15, -0.1) is 0 Å². The number of primary sulfonamides is 1. The summed E-state index contributed by atoms with van der Waals surface area (Å²) in [6.45, 7) is 0.882. The van der Waals surface area contributed by atoms with Gasteiger partial charge in [0.2, 0.25) is 15.9 Å². The number of carbonyl (C=O) groups excluding carboxylic acids is 1. The molecule has 0 aromatic carbocycles. The van der Waals surface area contributed by atoms with Crippen molar-refractivity contribution >= 4 is 15.9 Å². The second-order valence-corrected chi connectivity index (χ2v) is 6.54. The maximum absolute atomic E-state index is 11.6. The molecule has 100 valence electrons. The average molecular weight is 263 g/mol. The van der Waals surface area contributed by atoms with Gasteiger partial charge < -0.3 is 11.1 Å². The molecule has 5 N–H and O–H groups in total. The van der Waals surface area contributed by atoms with Crippen molar-refractivity contribution in [2.24, 2.45) is 16.3 Å². The molecule has 7 heteroatoms. The van der Waals surface area contributed by atoms with E-state index in [1.165, 1.54) is 0 Å². The normalized spacial score (nSPS) is 18.5. The SMILES string of the molecule is NCC1(CC(=O)NCCCS(N)(=O)=O)CCC1. The number of nitrogens with one attached hydrogen (secondary N) is 1. The molecule has 0 heterocycles. The van der Waals surface area contributed by atoms with Crippen molar-refractivity contribution in [3.63, 3.8) is 0 Å². The van der Waals surface area contributed by atoms with Crippen LogP contribution in [0.2, 0.25) is 0 Å². The van der Waals surface area contributed by atoms with E-state index in [0.717, 1.165) is 19.3 Å². The van der Waals surface area contributed by atoms with Gasteiger partial charge in [-0.1, -0.05) is 6.42 Å². The molecule has 1 rings (SSSR count). The monoisotopic (exact) mass is 263 g/mol. The van der Waals surface area contributed by atoms with E-state index >= 15 is 0 Å². The molecule has 0 unspecified atom stereocenters. The van der Waals surface area contributed by atoms with Gasteiger partial charge in [0, 0.05) is 13.0 Å². The predicted molar refractivity (Wildman–Crippen MR) is 65.6 cm³/mol. The molecule has 0 atom stereocenters. The molecule has 0 spiro atoms. The number of hydrogen-bond donors (Lipinski definition) is 3. The van der Waals surface area contributed by atoms with Crippen molar-refractivity contribution in [2.45, 2.75) is 32.1 Å². The zero-order valence-electron chi connectivity index (χ0n) is 9.94. The Morgan fingerprint density at radius 3 is 2.41 bits per heavy atom. The molecule has 1 aliphatic rings. The fourth-order valence-corrected chi connectivity index (χ4v) is 2.58. The molecule has 0 aliphatic heterocycles. The van der Waals surface area contributed by atoms with Gasteiger partial charge in [0.15, 0.2) is 0 Å². The molecular weight excluding hydrogens is 242 g/mol. The van der Waals surface area contributed by atoms with Crippen LogP contribution >= 0.6 is 0 Å². The van der Waals surface area contributed by atoms with Gasteiger partial charge in [0.1, 0.15) is 0 Å². The van der Waals surface area contributed by atoms with Crippen molar-refractivity contribution in [3.8, 4) is 0 Å². The predicted octanol–water partition coefficient (Wildman–Crippen LogP) is -0.700. The highest BCUT2D eigenvalue weighted by molar-refractivity contribution is 7.89. The summed E-state index contributed by atoms with van der Waals surface area (Å²) in [5.74, 6) is -0.153. The van der Waals surface area contributed by atoms with E-state index in [4.69, 9.17) is 10.9 Å². The van der Waals surface area contributed by atoms with E-state index in [-0.39, 0.29) is 17.1 Å². The van der Waals surface area contributed by atoms with Crippen molar-refractivity contribution < 1.29 is 13.2 Å². The third kappa shape index (κ3) is 5.01. The second kappa shape index (κ2) is 5.79. The zero-order valence-corrected chi connectivity index (χ0v) is 10.8. The van der Waals surface area contributed by atoms with E-state index in [1.54, 1.807) is 0 Å². The lowest BCUT2D eigenvalue weighted by atomic mass is 9.66. The van der Waals surface area contributed by atoms with E-state index < -0.39 is 10.0 Å². The lowest BCUT2D eigenvalue weighted by Gasteiger charge is -2.40. The molecule has 1 fully saturated rings. The Morgan fingerprint density at radius 1 is 1.35 bits per heavy atom. The molecule has 17 heavy (non-hydrogen) atoms. The average Bonchev–Trinajstić information content (AvgIpc) is 2.17. The van der Waals surface area contributed by atoms with Gasteiger partial charge in [-0.3, -0.25) is 4.79 Å². The van der Waals surface area contributed by atoms with Crippen LogP contribution in [0, 0.1) is 5.41 Å². The molecule has 1 saturated carbocycles. The van der Waals surface area contributed by atoms with Crippen molar-refractivity contribution in [1.82, 2.24) is 5.32 Å². The Hall–Kier alpha value is -0.660. The van der Waals surface area contributed by atoms with E-state index in [1.807, 2.05) is 0 Å². The summed E-state index contributed by atoms with van der Waals surface area (Å²) in [5, 5.41) is 7.55. The fraction of sp³-hybridized carbons (Fsp3) is 0.900. The maximum Gasteiger partial charge on any atom is 0.220 e. The lowest BCUT2D eigenvalue weighted by molar-refractivity contribution is -0.124. The first kappa shape index (κ1) is 14.4. The molecule has 0 aromatic rings. The second-order valence-electron chi connectivity index (χ2n) is 4.80. The fourth-order valence-electron chi connectivity index (χ4n) is 2.03. The van der Waals surface area contributed by atoms with Crippen molar-refractivity contribution in [1.29, 1.82) is 0 Å². The Balaban J connectivity index is 2.17. The first-order chi connectivity index (χ1) is 7.87. The van der Waals surface area contributed by atoms with E-state index in [0.29, 0.717) is 25.9 Å². The summed E-state index contributed by atoms with van der Waals surface area (Å²) >= 11 is 0. The molecular formula is C10H21N3O3S. The van der Waals surface area contributed by atoms with Crippen LogP contribution in [0.3, 0.4) is 0 Å². The summed E-state index contributed by atoms with van der Waals surface area (Å²) < 4.78 is 21.3. The lowest BCUT2D eigenvalue weighted by Crippen LogP contribution is -2.42. The van der Waals surface area contributed by atoms with Gasteiger partial charge in [-0.05, 0) is 31.2 Å². The number of rotatable bonds is 7. The summed E-state index contributed by atoms with van der Waals surface area (Å²) in [5.41, 5.74) is 5.64. The van der Waals surface area contributed by atoms with Crippen LogP contribution in [-0.2, 0) is 14.8 Å². The number of hydrogen-bond acceptors (Lipinski definition) is 4. The minimum Gasteiger partial charge on any atom is -0.356 e. The van der Waals surface area contributed by atoms with Crippen molar-refractivity contribution in [3.05, 3.63) is 0 Å². The Kier molecular flexibility index (Phi) is 4.91. The van der Waals surface area contributed by atoms with Gasteiger partial charge in [-0.25, -0.2) is 13.6 Å². The maximum atomic E-state index is 11.6. The number of nitrogens with two attached hydrogens (primary N) is 2. The van der Waals surface area contributed by atoms with Crippen LogP contribution in [0.15, 0.2) is 0 Å². The molecule has 6 nitrogen and oxygen atoms in total. The number of sulfonamides is 1. The molecule has 0 saturated heterocycles. The Morgan fingerprint density at radius 2 is 2.00 bits per heavy atom. The highest BCUT2D eigenvalue weighted by Gasteiger charge is 2.37. The molecule has 0 aromatic heterocycles. The van der Waals surface area contributed by atoms with Gasteiger partial charge in [0.05, 0.1) is 5.75 Å². The Bertz CT molecular complexity index is 357. The summed E-state index contributed by atoms with van der Waals surface area (Å²) in [7, 11) is -3.43. The Labute approximate surface area is 102 Å². The minimum atomic E-state index is -3.43. The number of amides is 1. The van der Waals surface area contributed by atoms with Crippen LogP contribution in [-0.4, -0.2) is 33.2 Å². The van der Waals surface area contributed by atoms with E-state index in [2.05, 4.69) is 5.32 Å². The van der Waals surface area contributed by atoms with E-state index in [9.17, 15) is 13.2 Å². The topological polar surface area (TPSA) is 115 Å². The van der Waals surface area contributed by atoms with Crippen LogP contribution in [0.4, 0.5) is 0 Å². The molecule has 1 amide bonds. The highest BCUT2D eigenvalue weighted by atomic mass is 32.2. The third-order valence-corrected chi connectivity index (χ3v) is 4.17. The summed E-state index contributed by atoms with van der Waals surface area (Å²) in [6, 6.07) is 0. The quantitative estimate of drug-likeness (QED) is 0.527. The third-order valence-electron chi connectivity index (χ3n) is 3.31. The molecule has 1 aliphatic carbocycles. The van der Waals surface area contributed by atoms with Crippen LogP contribution in [0.1, 0.15) is 32.1 Å². The smallest absolute Gasteiger partial charge is 0.220 e. The summed E-state index contributed by atoms with van der Waals surface area (Å²) in [6.07, 6.45) is 3.94. The standard InChI is InChI=1S/C10H21N3O3S/c11-8-10(3-1-4-10)7-9(14)13-5-2-6-17(12,15)16/h1-8,11H2,(H,13,14)(H2,12,15,16). The molecule has 0 bridgehead atoms. The number of carbonyl (C=O) groups is 1. The van der Waals surface area contributed by atoms with Crippen LogP contribution in [0.5, 0.6) is 0 Å². The minimum absolute atomic E-state index is 0.00989. The summed E-state index contributed by atoms with van der Waals surface area (Å²) in [4.78, 5) is 11.6. The molecule has 0 radical (unpaired) electrons. The van der Waals surface area contributed by atoms with Crippen LogP contribution in [0.25, 0.3) is 0 Å². The van der Waals surface area contributed by atoms with Gasteiger partial charge >= 0.3 is 0 Å². The zero-order chi connectivity index (χ0) is 12.9. The van der Waals surface area contributed by atoms with Gasteiger partial charge in [-0.2, -0.15) is 0 Å². The highest BCUT2D eigenvalue weighted by Crippen LogP contribution is 2.42. The largest absolute Gasteiger partial charge is 0.356 e. The van der Waals surface area contributed by atoms with Gasteiger partial charge in [0.25, 0.3) is 0 Å².